The number of carbonyl (C=O) groups excluding carboxylic acids is 1. The average Bonchev–Trinajstić information content (AvgIpc) is 2.29. The van der Waals surface area contributed by atoms with Crippen LogP contribution in [-0.2, 0) is 10.1 Å². The lowest BCUT2D eigenvalue weighted by Gasteiger charge is -2.07. The fourth-order valence-electron chi connectivity index (χ4n) is 1.23. The van der Waals surface area contributed by atoms with Crippen molar-refractivity contribution in [2.75, 3.05) is 6.61 Å². The lowest BCUT2D eigenvalue weighted by molar-refractivity contribution is -0.385. The molecule has 5 nitrogen and oxygen atoms in total. The largest absolute Gasteiger partial charge is 0.462 e. The number of ether oxygens (including phenoxy) is 1. The van der Waals surface area contributed by atoms with Crippen LogP contribution in [0.4, 0.5) is 5.69 Å². The molecule has 0 saturated carbocycles. The van der Waals surface area contributed by atoms with Gasteiger partial charge in [0, 0.05) is 21.9 Å². The fraction of sp³-hybridized carbons (Fsp3) is 0.300. The number of nitro benzene ring substituents is 1. The van der Waals surface area contributed by atoms with Crippen molar-refractivity contribution in [2.45, 2.75) is 12.3 Å². The van der Waals surface area contributed by atoms with Crippen LogP contribution >= 0.6 is 31.9 Å². The number of esters is 1. The van der Waals surface area contributed by atoms with Gasteiger partial charge < -0.3 is 4.74 Å². The van der Waals surface area contributed by atoms with Crippen molar-refractivity contribution in [1.29, 1.82) is 0 Å². The summed E-state index contributed by atoms with van der Waals surface area (Å²) < 4.78 is 5.35. The third kappa shape index (κ3) is 3.26. The van der Waals surface area contributed by atoms with Crippen LogP contribution in [0.2, 0.25) is 0 Å². The number of rotatable bonds is 4. The Balaban J connectivity index is 3.32. The summed E-state index contributed by atoms with van der Waals surface area (Å²) in [6, 6.07) is 2.61. The van der Waals surface area contributed by atoms with Gasteiger partial charge in [0.15, 0.2) is 0 Å². The summed E-state index contributed by atoms with van der Waals surface area (Å²) >= 11 is 6.45. The molecule has 0 atom stereocenters. The van der Waals surface area contributed by atoms with Crippen LogP contribution < -0.4 is 0 Å². The van der Waals surface area contributed by atoms with Gasteiger partial charge >= 0.3 is 5.97 Å². The molecular weight excluding hydrogens is 358 g/mol. The summed E-state index contributed by atoms with van der Waals surface area (Å²) in [6.45, 7) is 1.90. The Bertz CT molecular complexity index is 462. The van der Waals surface area contributed by atoms with E-state index in [4.69, 9.17) is 4.74 Å². The van der Waals surface area contributed by atoms with Crippen molar-refractivity contribution >= 4 is 43.5 Å². The molecule has 0 aliphatic heterocycles. The second-order valence-corrected chi connectivity index (χ2v) is 4.43. The van der Waals surface area contributed by atoms with Gasteiger partial charge in [-0.2, -0.15) is 0 Å². The highest BCUT2D eigenvalue weighted by atomic mass is 79.9. The maximum atomic E-state index is 11.6. The highest BCUT2D eigenvalue weighted by molar-refractivity contribution is 9.10. The molecule has 0 fully saturated rings. The fourth-order valence-corrected chi connectivity index (χ4v) is 2.58. The number of non-ortho nitro benzene ring substituents is 1. The Morgan fingerprint density at radius 2 is 2.18 bits per heavy atom. The Morgan fingerprint density at radius 3 is 2.65 bits per heavy atom. The maximum absolute atomic E-state index is 11.6. The summed E-state index contributed by atoms with van der Waals surface area (Å²) in [6.07, 6.45) is 0. The van der Waals surface area contributed by atoms with Gasteiger partial charge in [-0.05, 0) is 28.4 Å². The first-order chi connectivity index (χ1) is 8.01. The number of nitrogens with zero attached hydrogens (tertiary/aromatic N) is 1. The van der Waals surface area contributed by atoms with E-state index in [9.17, 15) is 14.9 Å². The molecule has 0 bridgehead atoms. The zero-order valence-corrected chi connectivity index (χ0v) is 12.1. The van der Waals surface area contributed by atoms with E-state index >= 15 is 0 Å². The van der Waals surface area contributed by atoms with E-state index in [1.807, 2.05) is 0 Å². The second-order valence-electron chi connectivity index (χ2n) is 3.08. The van der Waals surface area contributed by atoms with Gasteiger partial charge in [-0.25, -0.2) is 4.79 Å². The van der Waals surface area contributed by atoms with E-state index in [-0.39, 0.29) is 17.9 Å². The number of nitro groups is 1. The molecule has 0 radical (unpaired) electrons. The molecule has 0 N–H and O–H groups in total. The van der Waals surface area contributed by atoms with Gasteiger partial charge in [-0.3, -0.25) is 10.1 Å². The van der Waals surface area contributed by atoms with Crippen molar-refractivity contribution in [2.24, 2.45) is 0 Å². The van der Waals surface area contributed by atoms with E-state index in [0.29, 0.717) is 15.4 Å². The monoisotopic (exact) mass is 365 g/mol. The molecule has 0 spiro atoms. The number of carbonyl (C=O) groups is 1. The van der Waals surface area contributed by atoms with Gasteiger partial charge in [0.25, 0.3) is 5.69 Å². The average molecular weight is 367 g/mol. The molecule has 0 aliphatic carbocycles. The first-order valence-electron chi connectivity index (χ1n) is 4.71. The van der Waals surface area contributed by atoms with Crippen LogP contribution in [0.3, 0.4) is 0 Å². The Kier molecular flexibility index (Phi) is 5.07. The van der Waals surface area contributed by atoms with Crippen molar-refractivity contribution in [3.63, 3.8) is 0 Å². The van der Waals surface area contributed by atoms with E-state index in [0.717, 1.165) is 0 Å². The van der Waals surface area contributed by atoms with Crippen LogP contribution in [0.25, 0.3) is 0 Å². The zero-order chi connectivity index (χ0) is 13.0. The topological polar surface area (TPSA) is 69.4 Å². The van der Waals surface area contributed by atoms with Crippen molar-refractivity contribution < 1.29 is 14.5 Å². The van der Waals surface area contributed by atoms with Crippen LogP contribution in [0.15, 0.2) is 16.6 Å². The van der Waals surface area contributed by atoms with E-state index < -0.39 is 10.9 Å². The first-order valence-corrected chi connectivity index (χ1v) is 6.62. The molecule has 0 aromatic heterocycles. The molecule has 0 aliphatic rings. The predicted molar refractivity (Wildman–Crippen MR) is 69.4 cm³/mol. The highest BCUT2D eigenvalue weighted by Gasteiger charge is 2.19. The van der Waals surface area contributed by atoms with Crippen molar-refractivity contribution in [3.8, 4) is 0 Å². The van der Waals surface area contributed by atoms with Crippen molar-refractivity contribution in [3.05, 3.63) is 37.8 Å². The number of alkyl halides is 1. The van der Waals surface area contributed by atoms with Gasteiger partial charge in [-0.1, -0.05) is 15.9 Å². The molecule has 92 valence electrons. The smallest absolute Gasteiger partial charge is 0.339 e. The van der Waals surface area contributed by atoms with Gasteiger partial charge in [0.05, 0.1) is 17.1 Å². The lowest BCUT2D eigenvalue weighted by Crippen LogP contribution is -2.07. The molecular formula is C10H9Br2NO4. The van der Waals surface area contributed by atoms with Gasteiger partial charge in [0.1, 0.15) is 0 Å². The molecule has 0 amide bonds. The summed E-state index contributed by atoms with van der Waals surface area (Å²) in [5.41, 5.74) is 0.656. The zero-order valence-electron chi connectivity index (χ0n) is 8.91. The molecule has 1 aromatic rings. The number of benzene rings is 1. The molecule has 0 unspecified atom stereocenters. The minimum absolute atomic E-state index is 0.134. The molecule has 0 heterocycles. The van der Waals surface area contributed by atoms with Crippen LogP contribution in [-0.4, -0.2) is 17.5 Å². The number of halogens is 2. The summed E-state index contributed by atoms with van der Waals surface area (Å²) in [4.78, 5) is 21.8. The van der Waals surface area contributed by atoms with E-state index in [1.165, 1.54) is 12.1 Å². The van der Waals surface area contributed by atoms with Crippen LogP contribution in [0.1, 0.15) is 22.8 Å². The van der Waals surface area contributed by atoms with Gasteiger partial charge in [0.2, 0.25) is 0 Å². The number of hydrogen-bond donors (Lipinski definition) is 0. The minimum atomic E-state index is -0.578. The normalized spacial score (nSPS) is 10.1. The maximum Gasteiger partial charge on any atom is 0.339 e. The third-order valence-corrected chi connectivity index (χ3v) is 3.52. The SMILES string of the molecule is CCOC(=O)c1cc([N+](=O)[O-])cc(CBr)c1Br. The molecule has 1 aromatic carbocycles. The van der Waals surface area contributed by atoms with Crippen molar-refractivity contribution in [1.82, 2.24) is 0 Å². The highest BCUT2D eigenvalue weighted by Crippen LogP contribution is 2.29. The molecule has 1 rings (SSSR count). The third-order valence-electron chi connectivity index (χ3n) is 1.98. The molecule has 7 heteroatoms. The Labute approximate surface area is 115 Å². The van der Waals surface area contributed by atoms with Gasteiger partial charge in [-0.15, -0.1) is 0 Å². The van der Waals surface area contributed by atoms with E-state index in [2.05, 4.69) is 31.9 Å². The predicted octanol–water partition coefficient (Wildman–Crippen LogP) is 3.43. The number of hydrogen-bond acceptors (Lipinski definition) is 4. The summed E-state index contributed by atoms with van der Waals surface area (Å²) in [5.74, 6) is -0.578. The second kappa shape index (κ2) is 6.11. The van der Waals surface area contributed by atoms with Crippen LogP contribution in [0, 0.1) is 10.1 Å². The Morgan fingerprint density at radius 1 is 1.53 bits per heavy atom. The van der Waals surface area contributed by atoms with E-state index in [1.54, 1.807) is 6.92 Å². The summed E-state index contributed by atoms with van der Waals surface area (Å²) in [5, 5.41) is 11.1. The first kappa shape index (κ1) is 14.1. The quantitative estimate of drug-likeness (QED) is 0.354. The lowest BCUT2D eigenvalue weighted by atomic mass is 10.1. The molecule has 0 saturated heterocycles. The van der Waals surface area contributed by atoms with Crippen LogP contribution in [0.5, 0.6) is 0 Å². The summed E-state index contributed by atoms with van der Waals surface area (Å²) in [7, 11) is 0. The standard InChI is InChI=1S/C10H9Br2NO4/c1-2-17-10(14)8-4-7(13(15)16)3-6(5-11)9(8)12/h3-4H,2,5H2,1H3. The minimum Gasteiger partial charge on any atom is -0.462 e. The molecule has 17 heavy (non-hydrogen) atoms. The Hall–Kier alpha value is -0.950.